The summed E-state index contributed by atoms with van der Waals surface area (Å²) in [6.45, 7) is 0.955. The molecule has 0 aliphatic heterocycles. The van der Waals surface area contributed by atoms with Crippen molar-refractivity contribution in [2.45, 2.75) is 25.6 Å². The fraction of sp³-hybridized carbons (Fsp3) is 0.250. The zero-order valence-electron chi connectivity index (χ0n) is 17.7. The summed E-state index contributed by atoms with van der Waals surface area (Å²) in [5.41, 5.74) is 1.90. The molecule has 4 rings (SSSR count). The second-order valence-electron chi connectivity index (χ2n) is 7.52. The van der Waals surface area contributed by atoms with Crippen molar-refractivity contribution < 1.29 is 22.3 Å². The summed E-state index contributed by atoms with van der Waals surface area (Å²) in [5, 5.41) is 5.61. The van der Waals surface area contributed by atoms with Crippen LogP contribution in [0.25, 0.3) is 21.2 Å². The van der Waals surface area contributed by atoms with E-state index in [0.29, 0.717) is 19.6 Å². The van der Waals surface area contributed by atoms with E-state index in [0.717, 1.165) is 56.2 Å². The Kier molecular flexibility index (Phi) is 6.90. The topological polar surface area (TPSA) is 47.0 Å². The van der Waals surface area contributed by atoms with Gasteiger partial charge in [-0.2, -0.15) is 17.6 Å². The maximum atomic E-state index is 13.5. The van der Waals surface area contributed by atoms with Crippen LogP contribution in [-0.2, 0) is 23.9 Å². The smallest absolute Gasteiger partial charge is 0.378 e. The van der Waals surface area contributed by atoms with E-state index in [9.17, 15) is 17.6 Å². The number of halogens is 4. The van der Waals surface area contributed by atoms with E-state index in [1.165, 1.54) is 35.7 Å². The lowest BCUT2D eigenvalue weighted by Crippen LogP contribution is -2.05. The minimum absolute atomic E-state index is 0.335. The van der Waals surface area contributed by atoms with Gasteiger partial charge < -0.3 is 10.1 Å². The number of pyridine rings is 1. The number of aryl methyl sites for hydroxylation is 1. The number of methoxy groups -OCH3 is 1. The van der Waals surface area contributed by atoms with E-state index in [1.54, 1.807) is 7.11 Å². The maximum Gasteiger partial charge on any atom is 0.416 e. The van der Waals surface area contributed by atoms with Crippen molar-refractivity contribution >= 4 is 27.2 Å². The largest absolute Gasteiger partial charge is 0.416 e. The Labute approximate surface area is 192 Å². The zero-order valence-corrected chi connectivity index (χ0v) is 18.6. The van der Waals surface area contributed by atoms with Crippen molar-refractivity contribution in [1.29, 1.82) is 0 Å². The molecule has 4 nitrogen and oxygen atoms in total. The van der Waals surface area contributed by atoms with Crippen LogP contribution in [0, 0.1) is 5.95 Å². The molecule has 0 aliphatic rings. The Balaban J connectivity index is 1.42. The summed E-state index contributed by atoms with van der Waals surface area (Å²) in [5.74, 6) is -0.531. The highest BCUT2D eigenvalue weighted by molar-refractivity contribution is 7.19. The fourth-order valence-corrected chi connectivity index (χ4v) is 4.48. The maximum absolute atomic E-state index is 13.5. The molecule has 0 saturated heterocycles. The monoisotopic (exact) mass is 475 g/mol. The summed E-state index contributed by atoms with van der Waals surface area (Å²) in [4.78, 5) is 9.24. The van der Waals surface area contributed by atoms with Crippen LogP contribution in [0.4, 0.5) is 22.7 Å². The molecule has 2 aromatic heterocycles. The van der Waals surface area contributed by atoms with Gasteiger partial charge in [-0.15, -0.1) is 0 Å². The van der Waals surface area contributed by atoms with Gasteiger partial charge in [0, 0.05) is 31.3 Å². The van der Waals surface area contributed by atoms with Crippen molar-refractivity contribution in [2.24, 2.45) is 0 Å². The molecule has 0 amide bonds. The molecule has 0 unspecified atom stereocenters. The Morgan fingerprint density at radius 2 is 1.82 bits per heavy atom. The third kappa shape index (κ3) is 5.66. The number of nitrogens with one attached hydrogen (secondary N) is 1. The number of anilines is 1. The molecule has 0 aliphatic carbocycles. The van der Waals surface area contributed by atoms with Gasteiger partial charge in [-0.25, -0.2) is 9.97 Å². The number of aromatic nitrogens is 2. The van der Waals surface area contributed by atoms with E-state index < -0.39 is 17.7 Å². The van der Waals surface area contributed by atoms with Gasteiger partial charge in [-0.1, -0.05) is 35.6 Å². The van der Waals surface area contributed by atoms with E-state index in [1.807, 2.05) is 18.2 Å². The number of ether oxygens (including phenoxy) is 1. The van der Waals surface area contributed by atoms with E-state index in [2.05, 4.69) is 15.3 Å². The quantitative estimate of drug-likeness (QED) is 0.175. The second-order valence-corrected chi connectivity index (χ2v) is 8.52. The van der Waals surface area contributed by atoms with Crippen molar-refractivity contribution in [3.05, 3.63) is 77.5 Å². The first-order valence-corrected chi connectivity index (χ1v) is 11.1. The molecule has 2 aromatic carbocycles. The fourth-order valence-electron chi connectivity index (χ4n) is 3.49. The number of alkyl halides is 3. The minimum Gasteiger partial charge on any atom is -0.378 e. The van der Waals surface area contributed by atoms with Crippen molar-refractivity contribution in [2.75, 3.05) is 19.0 Å². The van der Waals surface area contributed by atoms with Gasteiger partial charge in [0.1, 0.15) is 0 Å². The van der Waals surface area contributed by atoms with Gasteiger partial charge in [0.05, 0.1) is 22.7 Å². The first kappa shape index (κ1) is 23.1. The van der Waals surface area contributed by atoms with Crippen LogP contribution in [0.1, 0.15) is 23.2 Å². The van der Waals surface area contributed by atoms with Crippen LogP contribution >= 0.6 is 11.3 Å². The van der Waals surface area contributed by atoms with Gasteiger partial charge in [0.15, 0.2) is 5.13 Å². The molecule has 1 N–H and O–H groups in total. The average molecular weight is 476 g/mol. The Hall–Kier alpha value is -3.04. The molecule has 9 heteroatoms. The molecule has 172 valence electrons. The lowest BCUT2D eigenvalue weighted by molar-refractivity contribution is -0.137. The molecule has 0 bridgehead atoms. The molecule has 0 atom stereocenters. The lowest BCUT2D eigenvalue weighted by Gasteiger charge is -2.08. The first-order chi connectivity index (χ1) is 15.8. The van der Waals surface area contributed by atoms with Crippen LogP contribution in [-0.4, -0.2) is 23.6 Å². The Morgan fingerprint density at radius 3 is 2.55 bits per heavy atom. The Bertz CT molecular complexity index is 1240. The van der Waals surface area contributed by atoms with E-state index in [4.69, 9.17) is 4.74 Å². The number of rotatable bonds is 8. The SMILES string of the molecule is COCc1nc(NCCCc2ccc(C(F)(F)F)cc2)sc1-c1ccc2cnc(F)cc2c1. The van der Waals surface area contributed by atoms with Gasteiger partial charge in [0.2, 0.25) is 5.95 Å². The normalized spacial score (nSPS) is 11.8. The van der Waals surface area contributed by atoms with E-state index in [-0.39, 0.29) is 0 Å². The highest BCUT2D eigenvalue weighted by Gasteiger charge is 2.29. The predicted octanol–water partition coefficient (Wildman–Crippen LogP) is 6.71. The lowest BCUT2D eigenvalue weighted by atomic mass is 10.1. The van der Waals surface area contributed by atoms with Crippen molar-refractivity contribution in [1.82, 2.24) is 9.97 Å². The highest BCUT2D eigenvalue weighted by Crippen LogP contribution is 2.35. The van der Waals surface area contributed by atoms with Crippen LogP contribution in [0.5, 0.6) is 0 Å². The van der Waals surface area contributed by atoms with Crippen LogP contribution < -0.4 is 5.32 Å². The molecule has 2 heterocycles. The van der Waals surface area contributed by atoms with Crippen molar-refractivity contribution in [3.63, 3.8) is 0 Å². The predicted molar refractivity (Wildman–Crippen MR) is 122 cm³/mol. The van der Waals surface area contributed by atoms with Crippen LogP contribution in [0.3, 0.4) is 0 Å². The molecule has 0 radical (unpaired) electrons. The average Bonchev–Trinajstić information content (AvgIpc) is 3.19. The third-order valence-corrected chi connectivity index (χ3v) is 6.23. The van der Waals surface area contributed by atoms with Crippen LogP contribution in [0.15, 0.2) is 54.7 Å². The molecule has 0 saturated carbocycles. The summed E-state index contributed by atoms with van der Waals surface area (Å²) in [7, 11) is 1.60. The standard InChI is InChI=1S/C24H21F4N3OS/c1-32-14-20-22(16-6-7-17-13-30-21(25)12-18(17)11-16)33-23(31-20)29-10-2-3-15-4-8-19(9-5-15)24(26,27)28/h4-9,11-13H,2-3,10,14H2,1H3,(H,29,31). The zero-order chi connectivity index (χ0) is 23.4. The number of hydrogen-bond acceptors (Lipinski definition) is 5. The Morgan fingerprint density at radius 1 is 1.03 bits per heavy atom. The number of nitrogens with zero attached hydrogens (tertiary/aromatic N) is 2. The summed E-state index contributed by atoms with van der Waals surface area (Å²) < 4.78 is 56.9. The molecular weight excluding hydrogens is 454 g/mol. The second kappa shape index (κ2) is 9.84. The van der Waals surface area contributed by atoms with Crippen molar-refractivity contribution in [3.8, 4) is 10.4 Å². The number of hydrogen-bond donors (Lipinski definition) is 1. The molecule has 33 heavy (non-hydrogen) atoms. The van der Waals surface area contributed by atoms with Crippen LogP contribution in [0.2, 0.25) is 0 Å². The number of thiazole rings is 1. The molecular formula is C24H21F4N3OS. The molecule has 0 fully saturated rings. The number of fused-ring (bicyclic) bond motifs is 1. The number of benzene rings is 2. The molecule has 4 aromatic rings. The van der Waals surface area contributed by atoms with Gasteiger partial charge >= 0.3 is 6.18 Å². The van der Waals surface area contributed by atoms with Gasteiger partial charge in [-0.3, -0.25) is 0 Å². The summed E-state index contributed by atoms with van der Waals surface area (Å²) in [6.07, 6.45) is -1.43. The third-order valence-electron chi connectivity index (χ3n) is 5.13. The molecule has 0 spiro atoms. The highest BCUT2D eigenvalue weighted by atomic mass is 32.1. The van der Waals surface area contributed by atoms with Gasteiger partial charge in [-0.05, 0) is 47.6 Å². The minimum atomic E-state index is -4.32. The first-order valence-electron chi connectivity index (χ1n) is 10.3. The summed E-state index contributed by atoms with van der Waals surface area (Å²) >= 11 is 1.48. The van der Waals surface area contributed by atoms with Gasteiger partial charge in [0.25, 0.3) is 0 Å². The van der Waals surface area contributed by atoms with E-state index >= 15 is 0 Å². The summed E-state index contributed by atoms with van der Waals surface area (Å²) in [6, 6.07) is 12.4.